The zero-order valence-electron chi connectivity index (χ0n) is 16.5. The van der Waals surface area contributed by atoms with E-state index in [9.17, 15) is 13.2 Å². The highest BCUT2D eigenvalue weighted by atomic mass is 32.2. The second-order valence-corrected chi connectivity index (χ2v) is 8.27. The first-order valence-electron chi connectivity index (χ1n) is 9.25. The lowest BCUT2D eigenvalue weighted by atomic mass is 10.0. The Bertz CT molecular complexity index is 890. The van der Waals surface area contributed by atoms with E-state index in [1.165, 1.54) is 6.92 Å². The normalized spacial score (nSPS) is 11.4. The zero-order valence-corrected chi connectivity index (χ0v) is 17.3. The number of nitrogens with zero attached hydrogens (tertiary/aromatic N) is 1. The minimum Gasteiger partial charge on any atom is -0.311 e. The summed E-state index contributed by atoms with van der Waals surface area (Å²) in [7, 11) is -3.60. The van der Waals surface area contributed by atoms with Crippen LogP contribution in [0.15, 0.2) is 47.4 Å². The van der Waals surface area contributed by atoms with Crippen LogP contribution >= 0.6 is 0 Å². The maximum Gasteiger partial charge on any atom is 0.240 e. The van der Waals surface area contributed by atoms with Gasteiger partial charge in [0.25, 0.3) is 0 Å². The van der Waals surface area contributed by atoms with Crippen LogP contribution in [0, 0.1) is 6.92 Å². The van der Waals surface area contributed by atoms with Crippen LogP contribution < -0.4 is 9.62 Å². The number of amides is 1. The molecule has 5 nitrogen and oxygen atoms in total. The van der Waals surface area contributed by atoms with Gasteiger partial charge in [0.05, 0.1) is 4.90 Å². The van der Waals surface area contributed by atoms with Crippen molar-refractivity contribution in [2.45, 2.75) is 45.4 Å². The molecule has 0 aliphatic rings. The first-order valence-corrected chi connectivity index (χ1v) is 10.7. The van der Waals surface area contributed by atoms with Crippen LogP contribution in [0.25, 0.3) is 0 Å². The van der Waals surface area contributed by atoms with Gasteiger partial charge in [-0.05, 0) is 48.6 Å². The van der Waals surface area contributed by atoms with E-state index in [0.29, 0.717) is 0 Å². The Morgan fingerprint density at radius 3 is 2.26 bits per heavy atom. The molecule has 1 N–H and O–H groups in total. The molecule has 0 saturated carbocycles. The van der Waals surface area contributed by atoms with Gasteiger partial charge in [0, 0.05) is 25.7 Å². The Kier molecular flexibility index (Phi) is 7.16. The summed E-state index contributed by atoms with van der Waals surface area (Å²) in [5.41, 5.74) is 4.04. The van der Waals surface area contributed by atoms with Crippen molar-refractivity contribution in [2.75, 3.05) is 18.0 Å². The van der Waals surface area contributed by atoms with E-state index >= 15 is 0 Å². The van der Waals surface area contributed by atoms with E-state index in [2.05, 4.69) is 4.72 Å². The van der Waals surface area contributed by atoms with Crippen LogP contribution in [0.4, 0.5) is 5.69 Å². The van der Waals surface area contributed by atoms with E-state index in [-0.39, 0.29) is 23.9 Å². The number of hydrogen-bond acceptors (Lipinski definition) is 3. The molecule has 0 spiro atoms. The number of rotatable bonds is 8. The smallest absolute Gasteiger partial charge is 0.240 e. The van der Waals surface area contributed by atoms with Gasteiger partial charge < -0.3 is 4.90 Å². The number of carbonyl (C=O) groups is 1. The number of hydrogen-bond donors (Lipinski definition) is 1. The first kappa shape index (κ1) is 21.1. The van der Waals surface area contributed by atoms with Gasteiger partial charge in [-0.1, -0.05) is 44.2 Å². The van der Waals surface area contributed by atoms with Crippen LogP contribution in [0.5, 0.6) is 0 Å². The summed E-state index contributed by atoms with van der Waals surface area (Å²) >= 11 is 0. The summed E-state index contributed by atoms with van der Waals surface area (Å²) in [6.07, 6.45) is 1.66. The van der Waals surface area contributed by atoms with Crippen molar-refractivity contribution in [2.24, 2.45) is 0 Å². The molecule has 146 valence electrons. The summed E-state index contributed by atoms with van der Waals surface area (Å²) < 4.78 is 27.6. The number of anilines is 1. The van der Waals surface area contributed by atoms with Gasteiger partial charge in [-0.2, -0.15) is 0 Å². The third-order valence-corrected chi connectivity index (χ3v) is 6.10. The second-order valence-electron chi connectivity index (χ2n) is 6.50. The molecule has 0 unspecified atom stereocenters. The maximum atomic E-state index is 12.5. The summed E-state index contributed by atoms with van der Waals surface area (Å²) in [5.74, 6) is -0.106. The highest BCUT2D eigenvalue weighted by molar-refractivity contribution is 7.89. The second kappa shape index (κ2) is 9.15. The third-order valence-electron chi connectivity index (χ3n) is 4.62. The van der Waals surface area contributed by atoms with Gasteiger partial charge in [-0.15, -0.1) is 0 Å². The van der Waals surface area contributed by atoms with Gasteiger partial charge in [0.1, 0.15) is 0 Å². The Morgan fingerprint density at radius 2 is 1.70 bits per heavy atom. The van der Waals surface area contributed by atoms with Crippen molar-refractivity contribution >= 4 is 21.6 Å². The lowest BCUT2D eigenvalue weighted by Gasteiger charge is -2.26. The Labute approximate surface area is 162 Å². The van der Waals surface area contributed by atoms with Gasteiger partial charge in [-0.3, -0.25) is 4.79 Å². The van der Waals surface area contributed by atoms with Crippen LogP contribution in [0.3, 0.4) is 0 Å². The molecule has 0 bridgehead atoms. The predicted molar refractivity (Wildman–Crippen MR) is 110 cm³/mol. The molecule has 27 heavy (non-hydrogen) atoms. The van der Waals surface area contributed by atoms with E-state index in [4.69, 9.17) is 0 Å². The molecule has 0 aliphatic heterocycles. The molecular formula is C21H28N2O3S. The number of carbonyl (C=O) groups excluding carboxylic acids is 1. The van der Waals surface area contributed by atoms with E-state index in [1.807, 2.05) is 51.1 Å². The minimum atomic E-state index is -3.60. The van der Waals surface area contributed by atoms with Crippen LogP contribution in [0.1, 0.15) is 37.5 Å². The topological polar surface area (TPSA) is 66.5 Å². The van der Waals surface area contributed by atoms with Crippen molar-refractivity contribution in [3.05, 3.63) is 59.2 Å². The first-order chi connectivity index (χ1) is 12.8. The summed E-state index contributed by atoms with van der Waals surface area (Å²) in [5, 5.41) is 0. The Hall–Kier alpha value is -2.18. The summed E-state index contributed by atoms with van der Waals surface area (Å²) in [6.45, 7) is 7.95. The van der Waals surface area contributed by atoms with Gasteiger partial charge in [0.2, 0.25) is 15.9 Å². The molecule has 0 atom stereocenters. The number of sulfonamides is 1. The minimum absolute atomic E-state index is 0.106. The highest BCUT2D eigenvalue weighted by Crippen LogP contribution is 2.25. The van der Waals surface area contributed by atoms with Crippen LogP contribution in [0.2, 0.25) is 0 Å². The monoisotopic (exact) mass is 388 g/mol. The highest BCUT2D eigenvalue weighted by Gasteiger charge is 2.19. The molecule has 1 amide bonds. The van der Waals surface area contributed by atoms with Crippen LogP contribution in [-0.4, -0.2) is 27.4 Å². The third kappa shape index (κ3) is 5.17. The number of nitrogens with one attached hydrogen (secondary N) is 1. The van der Waals surface area contributed by atoms with Crippen molar-refractivity contribution < 1.29 is 13.2 Å². The number of para-hydroxylation sites is 1. The predicted octanol–water partition coefficient (Wildman–Crippen LogP) is 3.45. The molecule has 0 fully saturated rings. The summed E-state index contributed by atoms with van der Waals surface area (Å²) in [6, 6.07) is 12.8. The fraction of sp³-hybridized carbons (Fsp3) is 0.381. The quantitative estimate of drug-likeness (QED) is 0.753. The van der Waals surface area contributed by atoms with E-state index in [0.717, 1.165) is 35.2 Å². The largest absolute Gasteiger partial charge is 0.311 e. The molecule has 0 radical (unpaired) electrons. The zero-order chi connectivity index (χ0) is 20.0. The van der Waals surface area contributed by atoms with E-state index < -0.39 is 10.0 Å². The standard InChI is InChI=1S/C21H28N2O3S/c1-5-18-10-12-20(13-11-18)27(25,26)22-14-15-23(17(4)24)21-16(3)8-7-9-19(21)6-2/h7-13,22H,5-6,14-15H2,1-4H3. The molecule has 0 saturated heterocycles. The molecule has 0 aromatic heterocycles. The molecule has 0 aliphatic carbocycles. The van der Waals surface area contributed by atoms with Gasteiger partial charge in [-0.25, -0.2) is 13.1 Å². The van der Waals surface area contributed by atoms with Gasteiger partial charge in [0.15, 0.2) is 0 Å². The molecule has 2 aromatic rings. The van der Waals surface area contributed by atoms with Crippen molar-refractivity contribution in [3.8, 4) is 0 Å². The fourth-order valence-corrected chi connectivity index (χ4v) is 4.12. The van der Waals surface area contributed by atoms with Crippen molar-refractivity contribution in [1.82, 2.24) is 4.72 Å². The maximum absolute atomic E-state index is 12.5. The molecule has 2 aromatic carbocycles. The lowest BCUT2D eigenvalue weighted by molar-refractivity contribution is -0.116. The SMILES string of the molecule is CCc1ccc(S(=O)(=O)NCCN(C(C)=O)c2c(C)cccc2CC)cc1. The van der Waals surface area contributed by atoms with Gasteiger partial charge >= 0.3 is 0 Å². The van der Waals surface area contributed by atoms with E-state index in [1.54, 1.807) is 17.0 Å². The average Bonchev–Trinajstić information content (AvgIpc) is 2.65. The molecule has 2 rings (SSSR count). The molecular weight excluding hydrogens is 360 g/mol. The Morgan fingerprint density at radius 1 is 1.04 bits per heavy atom. The number of aryl methyl sites for hydroxylation is 3. The van der Waals surface area contributed by atoms with Crippen LogP contribution in [-0.2, 0) is 27.7 Å². The number of benzene rings is 2. The average molecular weight is 389 g/mol. The Balaban J connectivity index is 2.14. The lowest BCUT2D eigenvalue weighted by Crippen LogP contribution is -2.38. The fourth-order valence-electron chi connectivity index (χ4n) is 3.10. The molecule has 6 heteroatoms. The van der Waals surface area contributed by atoms with Crippen molar-refractivity contribution in [1.29, 1.82) is 0 Å². The molecule has 0 heterocycles. The van der Waals surface area contributed by atoms with Crippen molar-refractivity contribution in [3.63, 3.8) is 0 Å². The summed E-state index contributed by atoms with van der Waals surface area (Å²) in [4.78, 5) is 14.1.